The lowest BCUT2D eigenvalue weighted by molar-refractivity contribution is 0.103. The highest BCUT2D eigenvalue weighted by atomic mass is 35.5. The number of carbonyl (C=O) groups is 1. The fraction of sp³-hybridized carbons (Fsp3) is 0.286. The first-order valence-electron chi connectivity index (χ1n) is 9.68. The van der Waals surface area contributed by atoms with E-state index in [0.717, 1.165) is 30.2 Å². The Balaban J connectivity index is 1.61. The van der Waals surface area contributed by atoms with Gasteiger partial charge < -0.3 is 15.5 Å². The van der Waals surface area contributed by atoms with Crippen LogP contribution < -0.4 is 15.5 Å². The third-order valence-electron chi connectivity index (χ3n) is 5.62. The van der Waals surface area contributed by atoms with Gasteiger partial charge in [-0.05, 0) is 37.1 Å². The van der Waals surface area contributed by atoms with Crippen LogP contribution in [0.25, 0.3) is 0 Å². The van der Waals surface area contributed by atoms with E-state index < -0.39 is 11.6 Å². The van der Waals surface area contributed by atoms with Crippen LogP contribution >= 0.6 is 22.9 Å². The summed E-state index contributed by atoms with van der Waals surface area (Å²) in [4.78, 5) is 24.6. The van der Waals surface area contributed by atoms with Crippen molar-refractivity contribution in [2.24, 2.45) is 0 Å². The zero-order valence-electron chi connectivity index (χ0n) is 16.2. The number of hydrogen-bond acceptors (Lipinski definition) is 7. The van der Waals surface area contributed by atoms with Gasteiger partial charge in [0, 0.05) is 36.8 Å². The first-order chi connectivity index (χ1) is 14.5. The maximum Gasteiger partial charge on any atom is 0.199 e. The summed E-state index contributed by atoms with van der Waals surface area (Å²) in [5.74, 6) is 0.0799. The number of hydrogen-bond donors (Lipinski definition) is 2. The molecule has 30 heavy (non-hydrogen) atoms. The van der Waals surface area contributed by atoms with E-state index in [0.29, 0.717) is 23.2 Å². The Morgan fingerprint density at radius 2 is 2.27 bits per heavy atom. The van der Waals surface area contributed by atoms with Gasteiger partial charge in [-0.3, -0.25) is 4.79 Å². The van der Waals surface area contributed by atoms with Gasteiger partial charge in [-0.2, -0.15) is 0 Å². The number of carbonyl (C=O) groups excluding carboxylic acids is 1. The van der Waals surface area contributed by atoms with E-state index in [1.807, 2.05) is 12.3 Å². The fourth-order valence-corrected chi connectivity index (χ4v) is 4.85. The van der Waals surface area contributed by atoms with Crippen molar-refractivity contribution < 1.29 is 9.18 Å². The average Bonchev–Trinajstić information content (AvgIpc) is 3.49. The molecule has 9 heteroatoms. The van der Waals surface area contributed by atoms with Crippen LogP contribution in [0.5, 0.6) is 0 Å². The monoisotopic (exact) mass is 443 g/mol. The maximum atomic E-state index is 14.6. The predicted octanol–water partition coefficient (Wildman–Crippen LogP) is 4.16. The molecule has 0 unspecified atom stereocenters. The molecule has 2 aliphatic heterocycles. The summed E-state index contributed by atoms with van der Waals surface area (Å²) in [6.07, 6.45) is 2.72. The van der Waals surface area contributed by atoms with E-state index in [2.05, 4.69) is 20.5 Å². The van der Waals surface area contributed by atoms with Crippen LogP contribution in [-0.2, 0) is 0 Å². The molecule has 6 nitrogen and oxygen atoms in total. The van der Waals surface area contributed by atoms with E-state index in [4.69, 9.17) is 16.6 Å². The van der Waals surface area contributed by atoms with Crippen LogP contribution in [0.1, 0.15) is 27.9 Å². The van der Waals surface area contributed by atoms with Crippen molar-refractivity contribution >= 4 is 45.5 Å². The first kappa shape index (κ1) is 19.4. The summed E-state index contributed by atoms with van der Waals surface area (Å²) in [7, 11) is 0. The highest BCUT2D eigenvalue weighted by molar-refractivity contribution is 7.13. The summed E-state index contributed by atoms with van der Waals surface area (Å²) in [5, 5.41) is 9.22. The number of aromatic nitrogens is 2. The Labute approximate surface area is 182 Å². The quantitative estimate of drug-likeness (QED) is 0.577. The number of ketones is 1. The molecule has 5 rings (SSSR count). The summed E-state index contributed by atoms with van der Waals surface area (Å²) < 4.78 is 14.6. The van der Waals surface area contributed by atoms with Crippen molar-refractivity contribution in [1.82, 2.24) is 15.3 Å². The minimum absolute atomic E-state index is 0.0481. The lowest BCUT2D eigenvalue weighted by Gasteiger charge is -2.30. The van der Waals surface area contributed by atoms with Crippen LogP contribution in [0.4, 0.5) is 21.2 Å². The number of aryl methyl sites for hydroxylation is 1. The van der Waals surface area contributed by atoms with E-state index in [9.17, 15) is 9.18 Å². The van der Waals surface area contributed by atoms with E-state index in [-0.39, 0.29) is 16.6 Å². The SMILES string of the molecule is Cc1cc(C(=O)c2cccc(Cl)c2F)c(N2C[C@@H]3C[C@@H]2CN3)nc1Nc1nccs1. The molecule has 0 amide bonds. The predicted molar refractivity (Wildman–Crippen MR) is 117 cm³/mol. The molecule has 0 radical (unpaired) electrons. The Morgan fingerprint density at radius 1 is 1.40 bits per heavy atom. The van der Waals surface area contributed by atoms with Gasteiger partial charge in [-0.1, -0.05) is 17.7 Å². The molecule has 2 N–H and O–H groups in total. The molecule has 0 spiro atoms. The van der Waals surface area contributed by atoms with E-state index >= 15 is 0 Å². The van der Waals surface area contributed by atoms with Crippen LogP contribution in [0.2, 0.25) is 5.02 Å². The van der Waals surface area contributed by atoms with Gasteiger partial charge in [0.15, 0.2) is 16.7 Å². The van der Waals surface area contributed by atoms with Gasteiger partial charge in [0.1, 0.15) is 11.6 Å². The number of halogens is 2. The second kappa shape index (κ2) is 7.61. The van der Waals surface area contributed by atoms with Crippen molar-refractivity contribution in [3.63, 3.8) is 0 Å². The lowest BCUT2D eigenvalue weighted by Crippen LogP contribution is -2.44. The summed E-state index contributed by atoms with van der Waals surface area (Å²) in [5.41, 5.74) is 1.11. The number of piperazine rings is 1. The van der Waals surface area contributed by atoms with Crippen LogP contribution in [0.3, 0.4) is 0 Å². The summed E-state index contributed by atoms with van der Waals surface area (Å²) >= 11 is 7.39. The van der Waals surface area contributed by atoms with E-state index in [1.54, 1.807) is 18.3 Å². The Morgan fingerprint density at radius 3 is 2.97 bits per heavy atom. The largest absolute Gasteiger partial charge is 0.350 e. The van der Waals surface area contributed by atoms with Crippen molar-refractivity contribution in [3.8, 4) is 0 Å². The average molecular weight is 444 g/mol. The van der Waals surface area contributed by atoms with Gasteiger partial charge in [0.25, 0.3) is 0 Å². The minimum Gasteiger partial charge on any atom is -0.350 e. The molecule has 2 fully saturated rings. The summed E-state index contributed by atoms with van der Waals surface area (Å²) in [6, 6.07) is 6.89. The molecule has 3 aromatic rings. The summed E-state index contributed by atoms with van der Waals surface area (Å²) in [6.45, 7) is 3.47. The third-order valence-corrected chi connectivity index (χ3v) is 6.60. The number of rotatable bonds is 5. The van der Waals surface area contributed by atoms with Crippen molar-refractivity contribution in [3.05, 3.63) is 63.4 Å². The van der Waals surface area contributed by atoms with Gasteiger partial charge in [-0.25, -0.2) is 14.4 Å². The first-order valence-corrected chi connectivity index (χ1v) is 10.9. The Kier molecular flexibility index (Phi) is 4.92. The Bertz CT molecular complexity index is 1120. The normalized spacial score (nSPS) is 20.0. The lowest BCUT2D eigenvalue weighted by atomic mass is 10.0. The van der Waals surface area contributed by atoms with Crippen LogP contribution in [-0.4, -0.2) is 40.9 Å². The topological polar surface area (TPSA) is 70.2 Å². The highest BCUT2D eigenvalue weighted by Crippen LogP contribution is 2.35. The molecule has 2 bridgehead atoms. The van der Waals surface area contributed by atoms with E-state index in [1.165, 1.54) is 23.5 Å². The van der Waals surface area contributed by atoms with Gasteiger partial charge in [0.2, 0.25) is 0 Å². The van der Waals surface area contributed by atoms with Gasteiger partial charge in [-0.15, -0.1) is 11.3 Å². The van der Waals surface area contributed by atoms with Crippen molar-refractivity contribution in [2.45, 2.75) is 25.4 Å². The molecular weight excluding hydrogens is 425 g/mol. The molecule has 2 atom stereocenters. The smallest absolute Gasteiger partial charge is 0.199 e. The molecule has 0 aliphatic carbocycles. The molecule has 4 heterocycles. The third kappa shape index (κ3) is 3.34. The molecule has 0 saturated carbocycles. The number of thiazole rings is 1. The van der Waals surface area contributed by atoms with Crippen molar-refractivity contribution in [1.29, 1.82) is 0 Å². The number of nitrogens with zero attached hydrogens (tertiary/aromatic N) is 3. The van der Waals surface area contributed by atoms with Crippen LogP contribution in [0, 0.1) is 12.7 Å². The number of anilines is 3. The zero-order valence-corrected chi connectivity index (χ0v) is 17.7. The fourth-order valence-electron chi connectivity index (χ4n) is 4.15. The Hall–Kier alpha value is -2.55. The maximum absolute atomic E-state index is 14.6. The molecule has 2 saturated heterocycles. The van der Waals surface area contributed by atoms with Crippen LogP contribution in [0.15, 0.2) is 35.8 Å². The second-order valence-electron chi connectivity index (χ2n) is 7.56. The standard InChI is InChI=1S/C21H19ClFN5OS/c1-11-7-15(18(29)14-3-2-4-16(22)17(14)23)20(28-10-12-8-13(28)9-25-12)26-19(11)27-21-24-5-6-30-21/h2-7,12-13,25H,8-10H2,1H3,(H,24,26,27)/t12-,13+/m0/s1. The molecule has 2 aliphatic rings. The van der Waals surface area contributed by atoms with Crippen molar-refractivity contribution in [2.75, 3.05) is 23.3 Å². The second-order valence-corrected chi connectivity index (χ2v) is 8.87. The molecule has 2 aromatic heterocycles. The van der Waals surface area contributed by atoms with Gasteiger partial charge in [0.05, 0.1) is 16.1 Å². The number of fused-ring (bicyclic) bond motifs is 2. The van der Waals surface area contributed by atoms with Gasteiger partial charge >= 0.3 is 0 Å². The zero-order chi connectivity index (χ0) is 20.8. The highest BCUT2D eigenvalue weighted by Gasteiger charge is 2.40. The molecule has 1 aromatic carbocycles. The number of benzene rings is 1. The minimum atomic E-state index is -0.706. The molecular formula is C21H19ClFN5OS. The number of pyridine rings is 1. The molecule has 154 valence electrons. The number of nitrogens with one attached hydrogen (secondary N) is 2.